The van der Waals surface area contributed by atoms with Crippen LogP contribution in [0.4, 0.5) is 14.5 Å². The van der Waals surface area contributed by atoms with E-state index in [9.17, 15) is 13.6 Å². The average Bonchev–Trinajstić information content (AvgIpc) is 2.84. The molecule has 0 aliphatic carbocycles. The van der Waals surface area contributed by atoms with Crippen LogP contribution in [0.1, 0.15) is 35.5 Å². The zero-order valence-corrected chi connectivity index (χ0v) is 20.5. The second-order valence-corrected chi connectivity index (χ2v) is 8.80. The van der Waals surface area contributed by atoms with Crippen LogP contribution in [0.3, 0.4) is 0 Å². The van der Waals surface area contributed by atoms with Gasteiger partial charge >= 0.3 is 6.61 Å². The molecule has 3 aromatic rings. The van der Waals surface area contributed by atoms with Crippen molar-refractivity contribution in [3.05, 3.63) is 65.6 Å². The van der Waals surface area contributed by atoms with E-state index >= 15 is 0 Å². The van der Waals surface area contributed by atoms with Gasteiger partial charge in [0, 0.05) is 54.3 Å². The number of nitrogens with zero attached hydrogens (tertiary/aromatic N) is 3. The summed E-state index contributed by atoms with van der Waals surface area (Å²) in [5.41, 5.74) is 4.23. The number of ketones is 1. The van der Waals surface area contributed by atoms with Gasteiger partial charge in [0.2, 0.25) is 5.88 Å². The first-order chi connectivity index (χ1) is 17.3. The van der Waals surface area contributed by atoms with Gasteiger partial charge in [0.15, 0.2) is 5.78 Å². The number of hydrogen-bond acceptors (Lipinski definition) is 7. The topological polar surface area (TPSA) is 73.8 Å². The van der Waals surface area contributed by atoms with Crippen molar-refractivity contribution in [2.24, 2.45) is 0 Å². The van der Waals surface area contributed by atoms with E-state index in [2.05, 4.69) is 19.6 Å². The molecule has 0 bridgehead atoms. The van der Waals surface area contributed by atoms with Crippen molar-refractivity contribution >= 4 is 11.5 Å². The van der Waals surface area contributed by atoms with Gasteiger partial charge in [-0.15, -0.1) is 0 Å². The van der Waals surface area contributed by atoms with Crippen molar-refractivity contribution in [1.29, 1.82) is 0 Å². The van der Waals surface area contributed by atoms with Gasteiger partial charge in [-0.2, -0.15) is 8.78 Å². The summed E-state index contributed by atoms with van der Waals surface area (Å²) in [5.74, 6) is 0.391. The SMILES string of the molecule is Cc1ncc(C(=O)Cc2cccc(OC(F)F)c2)cc1-c1cnc(OC(C)C)c(N2CCOCC2)c1. The number of pyridine rings is 2. The molecule has 4 rings (SSSR count). The maximum atomic E-state index is 13.0. The minimum atomic E-state index is -2.92. The van der Waals surface area contributed by atoms with Crippen molar-refractivity contribution in [2.75, 3.05) is 31.2 Å². The maximum Gasteiger partial charge on any atom is 0.387 e. The molecule has 1 aromatic carbocycles. The van der Waals surface area contributed by atoms with Gasteiger partial charge in [0.25, 0.3) is 0 Å². The number of aryl methyl sites for hydroxylation is 1. The highest BCUT2D eigenvalue weighted by molar-refractivity contribution is 5.98. The monoisotopic (exact) mass is 497 g/mol. The Kier molecular flexibility index (Phi) is 8.10. The van der Waals surface area contributed by atoms with Gasteiger partial charge in [-0.1, -0.05) is 12.1 Å². The lowest BCUT2D eigenvalue weighted by Gasteiger charge is -2.30. The predicted molar refractivity (Wildman–Crippen MR) is 132 cm³/mol. The number of aromatic nitrogens is 2. The number of carbonyl (C=O) groups is 1. The lowest BCUT2D eigenvalue weighted by atomic mass is 9.99. The molecule has 36 heavy (non-hydrogen) atoms. The molecule has 1 fully saturated rings. The Balaban J connectivity index is 1.62. The fourth-order valence-corrected chi connectivity index (χ4v) is 4.03. The Labute approximate surface area is 209 Å². The van der Waals surface area contributed by atoms with Crippen molar-refractivity contribution in [2.45, 2.75) is 39.9 Å². The van der Waals surface area contributed by atoms with Gasteiger partial charge in [-0.05, 0) is 50.6 Å². The second-order valence-electron chi connectivity index (χ2n) is 8.80. The van der Waals surface area contributed by atoms with Crippen LogP contribution in [-0.2, 0) is 11.2 Å². The smallest absolute Gasteiger partial charge is 0.387 e. The first-order valence-electron chi connectivity index (χ1n) is 11.8. The number of carbonyl (C=O) groups excluding carboxylic acids is 1. The van der Waals surface area contributed by atoms with Crippen LogP contribution in [0.25, 0.3) is 11.1 Å². The molecule has 0 atom stereocenters. The van der Waals surface area contributed by atoms with Gasteiger partial charge in [0.1, 0.15) is 11.4 Å². The highest BCUT2D eigenvalue weighted by Crippen LogP contribution is 2.34. The summed E-state index contributed by atoms with van der Waals surface area (Å²) in [7, 11) is 0. The zero-order valence-electron chi connectivity index (χ0n) is 20.5. The number of rotatable bonds is 9. The van der Waals surface area contributed by atoms with Crippen LogP contribution in [0, 0.1) is 6.92 Å². The van der Waals surface area contributed by atoms with E-state index < -0.39 is 6.61 Å². The molecule has 0 amide bonds. The molecule has 0 spiro atoms. The van der Waals surface area contributed by atoms with Gasteiger partial charge < -0.3 is 19.1 Å². The molecule has 3 heterocycles. The number of benzene rings is 1. The van der Waals surface area contributed by atoms with E-state index in [1.165, 1.54) is 18.3 Å². The Morgan fingerprint density at radius 3 is 2.58 bits per heavy atom. The molecule has 0 radical (unpaired) electrons. The molecular formula is C27H29F2N3O4. The first-order valence-corrected chi connectivity index (χ1v) is 11.8. The highest BCUT2D eigenvalue weighted by Gasteiger charge is 2.20. The molecule has 2 aromatic heterocycles. The van der Waals surface area contributed by atoms with E-state index in [0.29, 0.717) is 30.2 Å². The lowest BCUT2D eigenvalue weighted by molar-refractivity contribution is -0.0498. The lowest BCUT2D eigenvalue weighted by Crippen LogP contribution is -2.36. The maximum absolute atomic E-state index is 13.0. The Morgan fingerprint density at radius 1 is 1.08 bits per heavy atom. The number of hydrogen-bond donors (Lipinski definition) is 0. The van der Waals surface area contributed by atoms with Crippen LogP contribution >= 0.6 is 0 Å². The van der Waals surface area contributed by atoms with Crippen LogP contribution in [0.15, 0.2) is 48.8 Å². The summed E-state index contributed by atoms with van der Waals surface area (Å²) < 4.78 is 41.0. The largest absolute Gasteiger partial charge is 0.473 e. The Hall–Kier alpha value is -3.59. The zero-order chi connectivity index (χ0) is 25.7. The second kappa shape index (κ2) is 11.4. The number of morpholine rings is 1. The van der Waals surface area contributed by atoms with Crippen LogP contribution < -0.4 is 14.4 Å². The fourth-order valence-electron chi connectivity index (χ4n) is 4.03. The average molecular weight is 498 g/mol. The van der Waals surface area contributed by atoms with Crippen LogP contribution in [-0.4, -0.2) is 54.8 Å². The summed E-state index contributed by atoms with van der Waals surface area (Å²) >= 11 is 0. The summed E-state index contributed by atoms with van der Waals surface area (Å²) in [6, 6.07) is 9.96. The number of Topliss-reactive ketones (excluding diaryl/α,β-unsaturated/α-hetero) is 1. The number of alkyl halides is 2. The van der Waals surface area contributed by atoms with Gasteiger partial charge in [0.05, 0.1) is 19.3 Å². The minimum absolute atomic E-state index is 0.0171. The molecule has 9 heteroatoms. The third-order valence-corrected chi connectivity index (χ3v) is 5.74. The molecule has 1 aliphatic rings. The Morgan fingerprint density at radius 2 is 1.86 bits per heavy atom. The number of ether oxygens (including phenoxy) is 3. The minimum Gasteiger partial charge on any atom is -0.473 e. The van der Waals surface area contributed by atoms with E-state index in [4.69, 9.17) is 9.47 Å². The van der Waals surface area contributed by atoms with Gasteiger partial charge in [-0.3, -0.25) is 9.78 Å². The first kappa shape index (κ1) is 25.5. The molecule has 1 aliphatic heterocycles. The van der Waals surface area contributed by atoms with Crippen molar-refractivity contribution in [3.63, 3.8) is 0 Å². The number of halogens is 2. The quantitative estimate of drug-likeness (QED) is 0.381. The van der Waals surface area contributed by atoms with Crippen molar-refractivity contribution in [3.8, 4) is 22.8 Å². The Bertz CT molecular complexity index is 1210. The van der Waals surface area contributed by atoms with Crippen molar-refractivity contribution in [1.82, 2.24) is 9.97 Å². The summed E-state index contributed by atoms with van der Waals surface area (Å²) in [4.78, 5) is 24.3. The fraction of sp³-hybridized carbons (Fsp3) is 0.370. The van der Waals surface area contributed by atoms with E-state index in [1.807, 2.05) is 26.8 Å². The molecule has 0 saturated carbocycles. The number of anilines is 1. The molecular weight excluding hydrogens is 468 g/mol. The van der Waals surface area contributed by atoms with E-state index in [-0.39, 0.29) is 24.1 Å². The van der Waals surface area contributed by atoms with Crippen molar-refractivity contribution < 1.29 is 27.8 Å². The third kappa shape index (κ3) is 6.34. The van der Waals surface area contributed by atoms with Crippen LogP contribution in [0.5, 0.6) is 11.6 Å². The molecule has 0 N–H and O–H groups in total. The van der Waals surface area contributed by atoms with Gasteiger partial charge in [-0.25, -0.2) is 4.98 Å². The van der Waals surface area contributed by atoms with E-state index in [1.54, 1.807) is 24.4 Å². The predicted octanol–water partition coefficient (Wildman–Crippen LogP) is 5.10. The molecule has 7 nitrogen and oxygen atoms in total. The summed E-state index contributed by atoms with van der Waals surface area (Å²) in [6.45, 7) is 5.57. The summed E-state index contributed by atoms with van der Waals surface area (Å²) in [5, 5.41) is 0. The molecule has 1 saturated heterocycles. The van der Waals surface area contributed by atoms with Crippen LogP contribution in [0.2, 0.25) is 0 Å². The third-order valence-electron chi connectivity index (χ3n) is 5.74. The standard InChI is InChI=1S/C27H29F2N3O4/c1-17(2)35-26-24(32-7-9-34-10-8-32)14-20(15-31-26)23-13-21(16-30-18(23)3)25(33)12-19-5-4-6-22(11-19)36-27(28)29/h4-6,11,13-17,27H,7-10,12H2,1-3H3. The molecule has 0 unspecified atom stereocenters. The molecule has 190 valence electrons. The van der Waals surface area contributed by atoms with E-state index in [0.717, 1.165) is 35.6 Å². The normalized spacial score (nSPS) is 13.8. The highest BCUT2D eigenvalue weighted by atomic mass is 19.3. The summed E-state index contributed by atoms with van der Waals surface area (Å²) in [6.07, 6.45) is 3.26.